The minimum atomic E-state index is 0.467. The van der Waals surface area contributed by atoms with Gasteiger partial charge in [-0.1, -0.05) is 13.8 Å². The SMILES string of the molecule is CC(C)CNCC(C)NCc1ccco1. The Kier molecular flexibility index (Phi) is 5.43. The number of furan rings is 1. The van der Waals surface area contributed by atoms with Crippen LogP contribution in [0.3, 0.4) is 0 Å². The predicted octanol–water partition coefficient (Wildman–Crippen LogP) is 2.00. The van der Waals surface area contributed by atoms with Gasteiger partial charge < -0.3 is 15.1 Å². The van der Waals surface area contributed by atoms with Gasteiger partial charge in [0.05, 0.1) is 12.8 Å². The number of hydrogen-bond donors (Lipinski definition) is 2. The second-order valence-corrected chi connectivity index (χ2v) is 4.41. The minimum absolute atomic E-state index is 0.467. The molecule has 1 aromatic heterocycles. The van der Waals surface area contributed by atoms with Crippen molar-refractivity contribution >= 4 is 0 Å². The minimum Gasteiger partial charge on any atom is -0.468 e. The molecule has 1 atom stereocenters. The molecule has 0 bridgehead atoms. The van der Waals surface area contributed by atoms with E-state index in [0.29, 0.717) is 12.0 Å². The first kappa shape index (κ1) is 12.3. The summed E-state index contributed by atoms with van der Waals surface area (Å²) < 4.78 is 5.24. The third-order valence-electron chi connectivity index (χ3n) is 2.21. The van der Waals surface area contributed by atoms with Crippen molar-refractivity contribution in [2.24, 2.45) is 5.92 Å². The fourth-order valence-corrected chi connectivity index (χ4v) is 1.35. The molecule has 15 heavy (non-hydrogen) atoms. The van der Waals surface area contributed by atoms with Crippen molar-refractivity contribution in [3.63, 3.8) is 0 Å². The first-order valence-electron chi connectivity index (χ1n) is 5.65. The smallest absolute Gasteiger partial charge is 0.117 e. The molecule has 1 unspecified atom stereocenters. The third-order valence-corrected chi connectivity index (χ3v) is 2.21. The normalized spacial score (nSPS) is 13.3. The molecule has 0 aliphatic rings. The van der Waals surface area contributed by atoms with Crippen LogP contribution in [0, 0.1) is 5.92 Å². The molecule has 3 nitrogen and oxygen atoms in total. The Bertz CT molecular complexity index is 244. The molecule has 0 aliphatic carbocycles. The van der Waals surface area contributed by atoms with Crippen molar-refractivity contribution < 1.29 is 4.42 Å². The van der Waals surface area contributed by atoms with Gasteiger partial charge in [0.15, 0.2) is 0 Å². The summed E-state index contributed by atoms with van der Waals surface area (Å²) in [5, 5.41) is 6.82. The van der Waals surface area contributed by atoms with Crippen molar-refractivity contribution in [2.75, 3.05) is 13.1 Å². The lowest BCUT2D eigenvalue weighted by Crippen LogP contribution is -2.37. The second-order valence-electron chi connectivity index (χ2n) is 4.41. The topological polar surface area (TPSA) is 37.2 Å². The van der Waals surface area contributed by atoms with Gasteiger partial charge in [-0.2, -0.15) is 0 Å². The lowest BCUT2D eigenvalue weighted by molar-refractivity contribution is 0.433. The van der Waals surface area contributed by atoms with Gasteiger partial charge in [0.25, 0.3) is 0 Å². The molecule has 0 radical (unpaired) electrons. The van der Waals surface area contributed by atoms with Crippen LogP contribution in [-0.2, 0) is 6.54 Å². The summed E-state index contributed by atoms with van der Waals surface area (Å²) in [5.41, 5.74) is 0. The lowest BCUT2D eigenvalue weighted by atomic mass is 10.2. The molecule has 1 rings (SSSR count). The Hall–Kier alpha value is -0.800. The fourth-order valence-electron chi connectivity index (χ4n) is 1.35. The van der Waals surface area contributed by atoms with E-state index in [-0.39, 0.29) is 0 Å². The zero-order chi connectivity index (χ0) is 11.1. The van der Waals surface area contributed by atoms with Crippen LogP contribution in [0.25, 0.3) is 0 Å². The Labute approximate surface area is 92.2 Å². The highest BCUT2D eigenvalue weighted by Gasteiger charge is 2.02. The summed E-state index contributed by atoms with van der Waals surface area (Å²) in [4.78, 5) is 0. The first-order chi connectivity index (χ1) is 7.18. The Morgan fingerprint density at radius 3 is 2.67 bits per heavy atom. The monoisotopic (exact) mass is 210 g/mol. The Balaban J connectivity index is 2.06. The second kappa shape index (κ2) is 6.64. The van der Waals surface area contributed by atoms with Gasteiger partial charge in [0.1, 0.15) is 5.76 Å². The van der Waals surface area contributed by atoms with E-state index < -0.39 is 0 Å². The molecule has 0 spiro atoms. The van der Waals surface area contributed by atoms with Crippen molar-refractivity contribution in [2.45, 2.75) is 33.4 Å². The molecule has 0 amide bonds. The van der Waals surface area contributed by atoms with Gasteiger partial charge in [0.2, 0.25) is 0 Å². The highest BCUT2D eigenvalue weighted by molar-refractivity contribution is 4.97. The average Bonchev–Trinajstić information content (AvgIpc) is 2.66. The first-order valence-corrected chi connectivity index (χ1v) is 5.65. The van der Waals surface area contributed by atoms with E-state index in [4.69, 9.17) is 4.42 Å². The van der Waals surface area contributed by atoms with Gasteiger partial charge in [-0.25, -0.2) is 0 Å². The maximum Gasteiger partial charge on any atom is 0.117 e. The highest BCUT2D eigenvalue weighted by Crippen LogP contribution is 1.99. The standard InChI is InChI=1S/C12H22N2O/c1-10(2)7-13-8-11(3)14-9-12-5-4-6-15-12/h4-6,10-11,13-14H,7-9H2,1-3H3. The molecule has 0 aromatic carbocycles. The summed E-state index contributed by atoms with van der Waals surface area (Å²) >= 11 is 0. The molecule has 86 valence electrons. The van der Waals surface area contributed by atoms with Crippen molar-refractivity contribution in [3.8, 4) is 0 Å². The summed E-state index contributed by atoms with van der Waals surface area (Å²) in [5.74, 6) is 1.70. The van der Waals surface area contributed by atoms with E-state index in [1.165, 1.54) is 0 Å². The van der Waals surface area contributed by atoms with Crippen LogP contribution in [0.4, 0.5) is 0 Å². The molecule has 0 saturated heterocycles. The number of hydrogen-bond acceptors (Lipinski definition) is 3. The van der Waals surface area contributed by atoms with Crippen LogP contribution in [0.1, 0.15) is 26.5 Å². The van der Waals surface area contributed by atoms with Crippen molar-refractivity contribution in [1.82, 2.24) is 10.6 Å². The molecule has 0 fully saturated rings. The molecular formula is C12H22N2O. The predicted molar refractivity (Wildman–Crippen MR) is 62.7 cm³/mol. The molecule has 3 heteroatoms. The van der Waals surface area contributed by atoms with Crippen molar-refractivity contribution in [3.05, 3.63) is 24.2 Å². The molecular weight excluding hydrogens is 188 g/mol. The van der Waals surface area contributed by atoms with Crippen LogP contribution >= 0.6 is 0 Å². The summed E-state index contributed by atoms with van der Waals surface area (Å²) in [6, 6.07) is 4.37. The quantitative estimate of drug-likeness (QED) is 0.723. The van der Waals surface area contributed by atoms with E-state index in [9.17, 15) is 0 Å². The maximum absolute atomic E-state index is 5.24. The van der Waals surface area contributed by atoms with E-state index in [2.05, 4.69) is 31.4 Å². The van der Waals surface area contributed by atoms with E-state index in [1.807, 2.05) is 12.1 Å². The number of rotatable bonds is 7. The Morgan fingerprint density at radius 2 is 2.07 bits per heavy atom. The van der Waals surface area contributed by atoms with Crippen LogP contribution in [-0.4, -0.2) is 19.1 Å². The van der Waals surface area contributed by atoms with Gasteiger partial charge in [-0.15, -0.1) is 0 Å². The zero-order valence-corrected chi connectivity index (χ0v) is 9.92. The third kappa shape index (κ3) is 5.60. The van der Waals surface area contributed by atoms with E-state index in [0.717, 1.165) is 25.4 Å². The number of nitrogens with one attached hydrogen (secondary N) is 2. The van der Waals surface area contributed by atoms with E-state index >= 15 is 0 Å². The van der Waals surface area contributed by atoms with Gasteiger partial charge in [-0.05, 0) is 31.5 Å². The highest BCUT2D eigenvalue weighted by atomic mass is 16.3. The zero-order valence-electron chi connectivity index (χ0n) is 9.92. The molecule has 0 aliphatic heterocycles. The molecule has 2 N–H and O–H groups in total. The van der Waals surface area contributed by atoms with Crippen LogP contribution in [0.15, 0.2) is 22.8 Å². The maximum atomic E-state index is 5.24. The van der Waals surface area contributed by atoms with E-state index in [1.54, 1.807) is 6.26 Å². The Morgan fingerprint density at radius 1 is 1.27 bits per heavy atom. The fraction of sp³-hybridized carbons (Fsp3) is 0.667. The summed E-state index contributed by atoms with van der Waals surface area (Å²) in [6.07, 6.45) is 1.71. The van der Waals surface area contributed by atoms with Gasteiger partial charge in [-0.3, -0.25) is 0 Å². The molecule has 0 saturated carbocycles. The van der Waals surface area contributed by atoms with Crippen LogP contribution < -0.4 is 10.6 Å². The van der Waals surface area contributed by atoms with Crippen LogP contribution in [0.5, 0.6) is 0 Å². The van der Waals surface area contributed by atoms with Gasteiger partial charge >= 0.3 is 0 Å². The summed E-state index contributed by atoms with van der Waals surface area (Å²) in [6.45, 7) is 9.49. The largest absolute Gasteiger partial charge is 0.468 e. The molecule has 1 aromatic rings. The summed E-state index contributed by atoms with van der Waals surface area (Å²) in [7, 11) is 0. The van der Waals surface area contributed by atoms with Crippen molar-refractivity contribution in [1.29, 1.82) is 0 Å². The van der Waals surface area contributed by atoms with Gasteiger partial charge in [0, 0.05) is 12.6 Å². The lowest BCUT2D eigenvalue weighted by Gasteiger charge is -2.14. The van der Waals surface area contributed by atoms with Crippen LogP contribution in [0.2, 0.25) is 0 Å². The molecule has 1 heterocycles. The average molecular weight is 210 g/mol.